The number of aromatic nitrogens is 2. The molecule has 0 spiro atoms. The molecule has 0 radical (unpaired) electrons. The van der Waals surface area contributed by atoms with E-state index < -0.39 is 0 Å². The van der Waals surface area contributed by atoms with E-state index in [9.17, 15) is 0 Å². The molecule has 0 atom stereocenters. The number of rotatable bonds is 1. The van der Waals surface area contributed by atoms with Crippen LogP contribution in [0.3, 0.4) is 0 Å². The second-order valence-electron chi connectivity index (χ2n) is 4.24. The molecule has 2 aromatic carbocycles. The largest absolute Gasteiger partial charge is 0.223 e. The summed E-state index contributed by atoms with van der Waals surface area (Å²) in [5, 5.41) is 8.10. The summed E-state index contributed by atoms with van der Waals surface area (Å²) in [6, 6.07) is 18.9. The highest BCUT2D eigenvalue weighted by atomic mass is 32.1. The van der Waals surface area contributed by atoms with Gasteiger partial charge in [0.25, 0.3) is 0 Å². The smallest absolute Gasteiger partial charge is 0.119 e. The number of para-hydroxylation sites is 1. The fourth-order valence-corrected chi connectivity index (χ4v) is 3.25. The third-order valence-corrected chi connectivity index (χ3v) is 4.19. The van der Waals surface area contributed by atoms with Crippen LogP contribution in [0.15, 0.2) is 60.8 Å². The summed E-state index contributed by atoms with van der Waals surface area (Å²) in [4.78, 5) is 0. The zero-order chi connectivity index (χ0) is 11.9. The molecule has 86 valence electrons. The van der Waals surface area contributed by atoms with Crippen LogP contribution in [0, 0.1) is 0 Å². The highest BCUT2D eigenvalue weighted by molar-refractivity contribution is 7.21. The lowest BCUT2D eigenvalue weighted by Gasteiger charge is -1.97. The minimum absolute atomic E-state index is 1.16. The van der Waals surface area contributed by atoms with Gasteiger partial charge in [-0.05, 0) is 23.6 Å². The standard InChI is InChI=1S/C15H10N2S/c1-3-7-13-12(6-1)10-16-17(13)15-9-11-5-2-4-8-14(11)18-15/h1-10H. The van der Waals surface area contributed by atoms with E-state index in [1.165, 1.54) is 15.5 Å². The molecule has 2 heterocycles. The fourth-order valence-electron chi connectivity index (χ4n) is 2.22. The molecule has 0 saturated carbocycles. The first-order chi connectivity index (χ1) is 8.92. The van der Waals surface area contributed by atoms with Gasteiger partial charge in [-0.25, -0.2) is 4.68 Å². The minimum atomic E-state index is 1.16. The average Bonchev–Trinajstić information content (AvgIpc) is 3.02. The molecule has 4 aromatic rings. The van der Waals surface area contributed by atoms with Gasteiger partial charge in [0, 0.05) is 10.1 Å². The zero-order valence-electron chi connectivity index (χ0n) is 9.58. The Morgan fingerprint density at radius 1 is 0.889 bits per heavy atom. The van der Waals surface area contributed by atoms with Crippen LogP contribution < -0.4 is 0 Å². The second kappa shape index (κ2) is 3.68. The lowest BCUT2D eigenvalue weighted by Crippen LogP contribution is -1.91. The summed E-state index contributed by atoms with van der Waals surface area (Å²) in [7, 11) is 0. The maximum atomic E-state index is 4.49. The summed E-state index contributed by atoms with van der Waals surface area (Å²) in [6.45, 7) is 0. The quantitative estimate of drug-likeness (QED) is 0.494. The zero-order valence-corrected chi connectivity index (χ0v) is 10.4. The van der Waals surface area contributed by atoms with Crippen molar-refractivity contribution in [2.75, 3.05) is 0 Å². The maximum absolute atomic E-state index is 4.49. The number of thiophene rings is 1. The topological polar surface area (TPSA) is 17.8 Å². The molecular formula is C15H10N2S. The molecule has 18 heavy (non-hydrogen) atoms. The third-order valence-electron chi connectivity index (χ3n) is 3.10. The molecule has 0 unspecified atom stereocenters. The number of fused-ring (bicyclic) bond motifs is 2. The van der Waals surface area contributed by atoms with E-state index in [0.717, 1.165) is 10.5 Å². The normalized spacial score (nSPS) is 11.3. The van der Waals surface area contributed by atoms with Gasteiger partial charge in [-0.2, -0.15) is 5.10 Å². The molecule has 0 fully saturated rings. The van der Waals surface area contributed by atoms with Crippen molar-refractivity contribution in [1.29, 1.82) is 0 Å². The number of hydrogen-bond acceptors (Lipinski definition) is 2. The predicted octanol–water partition coefficient (Wildman–Crippen LogP) is 4.24. The predicted molar refractivity (Wildman–Crippen MR) is 76.5 cm³/mol. The van der Waals surface area contributed by atoms with Gasteiger partial charge in [0.05, 0.1) is 11.7 Å². The van der Waals surface area contributed by atoms with E-state index in [2.05, 4.69) is 47.6 Å². The highest BCUT2D eigenvalue weighted by Gasteiger charge is 2.07. The molecule has 0 amide bonds. The monoisotopic (exact) mass is 250 g/mol. The van der Waals surface area contributed by atoms with Gasteiger partial charge in [-0.15, -0.1) is 11.3 Å². The highest BCUT2D eigenvalue weighted by Crippen LogP contribution is 2.29. The Morgan fingerprint density at radius 3 is 2.56 bits per heavy atom. The Hall–Kier alpha value is -2.13. The molecule has 0 aliphatic rings. The van der Waals surface area contributed by atoms with Gasteiger partial charge >= 0.3 is 0 Å². The first kappa shape index (κ1) is 9.85. The van der Waals surface area contributed by atoms with Crippen LogP contribution >= 0.6 is 11.3 Å². The van der Waals surface area contributed by atoms with Gasteiger partial charge in [0.15, 0.2) is 0 Å². The second-order valence-corrected chi connectivity index (χ2v) is 5.30. The van der Waals surface area contributed by atoms with E-state index in [4.69, 9.17) is 0 Å². The van der Waals surface area contributed by atoms with E-state index in [1.807, 2.05) is 23.0 Å². The molecule has 2 nitrogen and oxygen atoms in total. The molecule has 0 aliphatic carbocycles. The van der Waals surface area contributed by atoms with Crippen molar-refractivity contribution >= 4 is 32.3 Å². The molecule has 0 bridgehead atoms. The van der Waals surface area contributed by atoms with Gasteiger partial charge in [-0.3, -0.25) is 0 Å². The summed E-state index contributed by atoms with van der Waals surface area (Å²) < 4.78 is 3.31. The molecule has 2 aromatic heterocycles. The van der Waals surface area contributed by atoms with E-state index >= 15 is 0 Å². The fraction of sp³-hybridized carbons (Fsp3) is 0. The number of hydrogen-bond donors (Lipinski definition) is 0. The molecule has 0 saturated heterocycles. The Kier molecular flexibility index (Phi) is 2.02. The molecule has 0 N–H and O–H groups in total. The lowest BCUT2D eigenvalue weighted by atomic mass is 10.2. The number of benzene rings is 2. The summed E-state index contributed by atoms with van der Waals surface area (Å²) in [6.07, 6.45) is 1.92. The first-order valence-corrected chi connectivity index (χ1v) is 6.65. The molecule has 3 heteroatoms. The van der Waals surface area contributed by atoms with Crippen LogP contribution in [0.5, 0.6) is 0 Å². The van der Waals surface area contributed by atoms with Crippen molar-refractivity contribution in [3.63, 3.8) is 0 Å². The van der Waals surface area contributed by atoms with Crippen LogP contribution in [0.25, 0.3) is 26.0 Å². The van der Waals surface area contributed by atoms with Crippen molar-refractivity contribution in [2.45, 2.75) is 0 Å². The molecule has 4 rings (SSSR count). The number of nitrogens with zero attached hydrogens (tertiary/aromatic N) is 2. The van der Waals surface area contributed by atoms with Crippen LogP contribution in [0.4, 0.5) is 0 Å². The van der Waals surface area contributed by atoms with Crippen molar-refractivity contribution in [3.05, 3.63) is 60.8 Å². The SMILES string of the molecule is c1ccc2sc(-n3ncc4ccccc43)cc2c1. The van der Waals surface area contributed by atoms with Gasteiger partial charge in [0.1, 0.15) is 5.00 Å². The van der Waals surface area contributed by atoms with Crippen molar-refractivity contribution in [1.82, 2.24) is 9.78 Å². The molecule has 0 aliphatic heterocycles. The Balaban J connectivity index is 2.01. The Bertz CT molecular complexity index is 809. The van der Waals surface area contributed by atoms with E-state index in [1.54, 1.807) is 11.3 Å². The lowest BCUT2D eigenvalue weighted by molar-refractivity contribution is 0.929. The Labute approximate surface area is 108 Å². The van der Waals surface area contributed by atoms with E-state index in [-0.39, 0.29) is 0 Å². The van der Waals surface area contributed by atoms with Crippen LogP contribution in [-0.2, 0) is 0 Å². The Morgan fingerprint density at radius 2 is 1.67 bits per heavy atom. The van der Waals surface area contributed by atoms with E-state index in [0.29, 0.717) is 0 Å². The van der Waals surface area contributed by atoms with Gasteiger partial charge < -0.3 is 0 Å². The average molecular weight is 250 g/mol. The van der Waals surface area contributed by atoms with Crippen LogP contribution in [0.2, 0.25) is 0 Å². The van der Waals surface area contributed by atoms with Crippen molar-refractivity contribution in [3.8, 4) is 5.00 Å². The first-order valence-electron chi connectivity index (χ1n) is 5.83. The van der Waals surface area contributed by atoms with Gasteiger partial charge in [-0.1, -0.05) is 36.4 Å². The molecular weight excluding hydrogens is 240 g/mol. The third kappa shape index (κ3) is 1.38. The van der Waals surface area contributed by atoms with Crippen molar-refractivity contribution in [2.24, 2.45) is 0 Å². The summed E-state index contributed by atoms with van der Waals surface area (Å²) in [5.74, 6) is 0. The maximum Gasteiger partial charge on any atom is 0.119 e. The summed E-state index contributed by atoms with van der Waals surface area (Å²) in [5.41, 5.74) is 1.16. The van der Waals surface area contributed by atoms with Crippen molar-refractivity contribution < 1.29 is 0 Å². The van der Waals surface area contributed by atoms with Gasteiger partial charge in [0.2, 0.25) is 0 Å². The van der Waals surface area contributed by atoms with Crippen LogP contribution in [0.1, 0.15) is 0 Å². The summed E-state index contributed by atoms with van der Waals surface area (Å²) >= 11 is 1.77. The minimum Gasteiger partial charge on any atom is -0.223 e. The van der Waals surface area contributed by atoms with Crippen LogP contribution in [-0.4, -0.2) is 9.78 Å².